The van der Waals surface area contributed by atoms with E-state index in [-0.39, 0.29) is 33.2 Å². The van der Waals surface area contributed by atoms with E-state index in [2.05, 4.69) is 21.8 Å². The fraction of sp³-hybridized carbons (Fsp3) is 0.267. The van der Waals surface area contributed by atoms with E-state index >= 15 is 0 Å². The van der Waals surface area contributed by atoms with Crippen LogP contribution in [-0.4, -0.2) is 50.8 Å². The third-order valence-electron chi connectivity index (χ3n) is 7.58. The third kappa shape index (κ3) is 5.31. The van der Waals surface area contributed by atoms with Crippen molar-refractivity contribution < 1.29 is 22.7 Å². The van der Waals surface area contributed by atoms with Gasteiger partial charge in [0.05, 0.1) is 12.1 Å². The fourth-order valence-corrected chi connectivity index (χ4v) is 6.81. The van der Waals surface area contributed by atoms with Crippen molar-refractivity contribution in [3.63, 3.8) is 0 Å². The molecule has 1 aliphatic heterocycles. The molecule has 8 nitrogen and oxygen atoms in total. The molecule has 0 saturated carbocycles. The first-order chi connectivity index (χ1) is 19.1. The molecule has 2 atom stereocenters. The number of methoxy groups -OCH3 is 1. The van der Waals surface area contributed by atoms with Gasteiger partial charge in [-0.15, -0.1) is 0 Å². The van der Waals surface area contributed by atoms with Gasteiger partial charge in [0.15, 0.2) is 0 Å². The minimum Gasteiger partial charge on any atom is -0.496 e. The second-order valence-electron chi connectivity index (χ2n) is 10.1. The minimum atomic E-state index is -4.16. The van der Waals surface area contributed by atoms with E-state index in [1.165, 1.54) is 31.4 Å². The molecule has 10 heteroatoms. The van der Waals surface area contributed by atoms with Crippen molar-refractivity contribution in [3.8, 4) is 5.75 Å². The Morgan fingerprint density at radius 1 is 1.15 bits per heavy atom. The lowest BCUT2D eigenvalue weighted by Crippen LogP contribution is -2.30. The smallest absolute Gasteiger partial charge is 0.265 e. The molecule has 2 N–H and O–H groups in total. The molecule has 40 heavy (non-hydrogen) atoms. The molecule has 1 saturated heterocycles. The number of nitrogens with zero attached hydrogens (tertiary/aromatic N) is 1. The van der Waals surface area contributed by atoms with Crippen LogP contribution in [0.5, 0.6) is 5.75 Å². The molecule has 1 aliphatic rings. The number of hydrogen-bond acceptors (Lipinski definition) is 5. The molecular formula is C30H30ClN3O5S. The Labute approximate surface area is 238 Å². The number of amides is 2. The molecule has 2 heterocycles. The minimum absolute atomic E-state index is 0.00257. The number of aromatic amines is 1. The standard InChI is InChI=1S/C30H30ClN3O5S/c1-18(24-17-32-26-11-8-19(15-23(24)26)14-21-12-13-34(2)30(21)36)22-10-9-20(16-27(22)39-3)29(35)33-40(37,38)28-7-5-4-6-25(28)31/h4-11,15-18,21,32H,12-14H2,1-3H3,(H,33,35). The van der Waals surface area contributed by atoms with Crippen LogP contribution in [-0.2, 0) is 21.2 Å². The normalized spacial score (nSPS) is 16.4. The molecule has 0 spiro atoms. The summed E-state index contributed by atoms with van der Waals surface area (Å²) in [5.41, 5.74) is 4.11. The quantitative estimate of drug-likeness (QED) is 0.301. The Bertz CT molecular complexity index is 1720. The van der Waals surface area contributed by atoms with Crippen molar-refractivity contribution in [2.45, 2.75) is 30.6 Å². The Balaban J connectivity index is 1.40. The lowest BCUT2D eigenvalue weighted by Gasteiger charge is -2.17. The summed E-state index contributed by atoms with van der Waals surface area (Å²) >= 11 is 6.03. The van der Waals surface area contributed by atoms with E-state index in [0.717, 1.165) is 40.6 Å². The lowest BCUT2D eigenvalue weighted by atomic mass is 9.90. The summed E-state index contributed by atoms with van der Waals surface area (Å²) in [6.45, 7) is 2.84. The first-order valence-electron chi connectivity index (χ1n) is 12.9. The zero-order chi connectivity index (χ0) is 28.6. The Morgan fingerprint density at radius 2 is 1.93 bits per heavy atom. The van der Waals surface area contributed by atoms with E-state index in [4.69, 9.17) is 16.3 Å². The van der Waals surface area contributed by atoms with Crippen LogP contribution in [0.3, 0.4) is 0 Å². The van der Waals surface area contributed by atoms with E-state index in [1.807, 2.05) is 26.2 Å². The van der Waals surface area contributed by atoms with Crippen LogP contribution in [0.25, 0.3) is 10.9 Å². The third-order valence-corrected chi connectivity index (χ3v) is 9.41. The summed E-state index contributed by atoms with van der Waals surface area (Å²) in [6, 6.07) is 17.0. The number of likely N-dealkylation sites (tertiary alicyclic amines) is 1. The molecule has 2 unspecified atom stereocenters. The molecule has 208 valence electrons. The average Bonchev–Trinajstić information content (AvgIpc) is 3.50. The summed E-state index contributed by atoms with van der Waals surface area (Å²) in [5.74, 6) is -0.247. The zero-order valence-corrected chi connectivity index (χ0v) is 24.0. The van der Waals surface area contributed by atoms with Gasteiger partial charge in [-0.05, 0) is 60.4 Å². The monoisotopic (exact) mass is 579 g/mol. The van der Waals surface area contributed by atoms with E-state index in [1.54, 1.807) is 23.1 Å². The number of fused-ring (bicyclic) bond motifs is 1. The van der Waals surface area contributed by atoms with Crippen molar-refractivity contribution in [2.75, 3.05) is 20.7 Å². The maximum Gasteiger partial charge on any atom is 0.265 e. The molecule has 0 bridgehead atoms. The number of nitrogens with one attached hydrogen (secondary N) is 2. The van der Waals surface area contributed by atoms with Crippen LogP contribution in [0.4, 0.5) is 0 Å². The number of carbonyl (C=O) groups excluding carboxylic acids is 2. The van der Waals surface area contributed by atoms with Crippen molar-refractivity contribution >= 4 is 44.3 Å². The number of aromatic nitrogens is 1. The van der Waals surface area contributed by atoms with Crippen molar-refractivity contribution in [2.24, 2.45) is 5.92 Å². The second-order valence-corrected chi connectivity index (χ2v) is 12.2. The molecule has 5 rings (SSSR count). The summed E-state index contributed by atoms with van der Waals surface area (Å²) < 4.78 is 33.2. The molecule has 1 aromatic heterocycles. The molecule has 4 aromatic rings. The SMILES string of the molecule is COc1cc(C(=O)NS(=O)(=O)c2ccccc2Cl)ccc1C(C)c1c[nH]c2ccc(CC3CCN(C)C3=O)cc12. The van der Waals surface area contributed by atoms with Crippen LogP contribution in [0.15, 0.2) is 71.8 Å². The fourth-order valence-electron chi connectivity index (χ4n) is 5.32. The number of H-pyrrole nitrogens is 1. The largest absolute Gasteiger partial charge is 0.496 e. The highest BCUT2D eigenvalue weighted by molar-refractivity contribution is 7.90. The van der Waals surface area contributed by atoms with Crippen LogP contribution in [0, 0.1) is 5.92 Å². The number of ether oxygens (including phenoxy) is 1. The Hall–Kier alpha value is -3.82. The summed E-state index contributed by atoms with van der Waals surface area (Å²) in [4.78, 5) is 30.3. The van der Waals surface area contributed by atoms with Gasteiger partial charge >= 0.3 is 0 Å². The summed E-state index contributed by atoms with van der Waals surface area (Å²) in [7, 11) is -0.808. The predicted molar refractivity (Wildman–Crippen MR) is 154 cm³/mol. The Kier molecular flexibility index (Phi) is 7.61. The van der Waals surface area contributed by atoms with Crippen LogP contribution < -0.4 is 9.46 Å². The van der Waals surface area contributed by atoms with Gasteiger partial charge in [-0.2, -0.15) is 0 Å². The van der Waals surface area contributed by atoms with Gasteiger partial charge in [-0.25, -0.2) is 13.1 Å². The molecule has 0 radical (unpaired) electrons. The van der Waals surface area contributed by atoms with Gasteiger partial charge in [0.1, 0.15) is 10.6 Å². The van der Waals surface area contributed by atoms with Crippen LogP contribution in [0.2, 0.25) is 5.02 Å². The maximum atomic E-state index is 12.9. The average molecular weight is 580 g/mol. The highest BCUT2D eigenvalue weighted by Crippen LogP contribution is 2.36. The van der Waals surface area contributed by atoms with Gasteiger partial charge in [0.2, 0.25) is 5.91 Å². The number of carbonyl (C=O) groups is 2. The van der Waals surface area contributed by atoms with Gasteiger partial charge in [-0.1, -0.05) is 42.8 Å². The predicted octanol–water partition coefficient (Wildman–Crippen LogP) is 5.12. The van der Waals surface area contributed by atoms with Crippen LogP contribution >= 0.6 is 11.6 Å². The van der Waals surface area contributed by atoms with Gasteiger partial charge in [-0.3, -0.25) is 9.59 Å². The number of benzene rings is 3. The van der Waals surface area contributed by atoms with E-state index in [0.29, 0.717) is 12.2 Å². The van der Waals surface area contributed by atoms with Crippen LogP contribution in [0.1, 0.15) is 46.3 Å². The lowest BCUT2D eigenvalue weighted by molar-refractivity contribution is -0.129. The van der Waals surface area contributed by atoms with E-state index < -0.39 is 15.9 Å². The molecule has 1 fully saturated rings. The molecular weight excluding hydrogens is 550 g/mol. The second kappa shape index (κ2) is 11.0. The topological polar surface area (TPSA) is 109 Å². The van der Waals surface area contributed by atoms with Crippen molar-refractivity contribution in [3.05, 3.63) is 94.1 Å². The summed E-state index contributed by atoms with van der Waals surface area (Å²) in [6.07, 6.45) is 3.52. The van der Waals surface area contributed by atoms with Gasteiger partial charge < -0.3 is 14.6 Å². The molecule has 3 aromatic carbocycles. The maximum absolute atomic E-state index is 12.9. The summed E-state index contributed by atoms with van der Waals surface area (Å²) in [5, 5.41) is 1.08. The van der Waals surface area contributed by atoms with Crippen molar-refractivity contribution in [1.29, 1.82) is 0 Å². The van der Waals surface area contributed by atoms with E-state index in [9.17, 15) is 18.0 Å². The molecule has 2 amide bonds. The zero-order valence-electron chi connectivity index (χ0n) is 22.4. The molecule has 0 aliphatic carbocycles. The Morgan fingerprint density at radius 3 is 2.62 bits per heavy atom. The highest BCUT2D eigenvalue weighted by Gasteiger charge is 2.29. The first-order valence-corrected chi connectivity index (χ1v) is 14.8. The van der Waals surface area contributed by atoms with Crippen molar-refractivity contribution in [1.82, 2.24) is 14.6 Å². The van der Waals surface area contributed by atoms with Gasteiger partial charge in [0.25, 0.3) is 15.9 Å². The number of halogens is 1. The van der Waals surface area contributed by atoms with Gasteiger partial charge in [0, 0.05) is 53.7 Å². The number of sulfonamides is 1. The highest BCUT2D eigenvalue weighted by atomic mass is 35.5. The number of rotatable bonds is 8. The first kappa shape index (κ1) is 27.7. The number of hydrogen-bond donors (Lipinski definition) is 2.